The molecule has 0 heterocycles. The summed E-state index contributed by atoms with van der Waals surface area (Å²) in [6, 6.07) is 13.2. The highest BCUT2D eigenvalue weighted by molar-refractivity contribution is 5.78. The number of aliphatic hydroxyl groups is 1. The zero-order valence-corrected chi connectivity index (χ0v) is 15.0. The lowest BCUT2D eigenvalue weighted by atomic mass is 9.86. The topological polar surface area (TPSA) is 49.3 Å². The molecule has 0 aliphatic rings. The summed E-state index contributed by atoms with van der Waals surface area (Å²) in [6.07, 6.45) is -3.88. The molecule has 0 aliphatic heterocycles. The average molecular weight is 377 g/mol. The van der Waals surface area contributed by atoms with Gasteiger partial charge in [-0.3, -0.25) is 10.1 Å². The van der Waals surface area contributed by atoms with Gasteiger partial charge in [-0.15, -0.1) is 6.58 Å². The van der Waals surface area contributed by atoms with Crippen molar-refractivity contribution < 1.29 is 23.1 Å². The summed E-state index contributed by atoms with van der Waals surface area (Å²) < 4.78 is 42.6. The van der Waals surface area contributed by atoms with Crippen LogP contribution in [0.3, 0.4) is 0 Å². The molecule has 0 fully saturated rings. The van der Waals surface area contributed by atoms with E-state index in [1.165, 1.54) is 25.1 Å². The number of aliphatic hydroxyl groups excluding tert-OH is 1. The number of rotatable bonds is 8. The molecule has 0 aliphatic carbocycles. The van der Waals surface area contributed by atoms with E-state index < -0.39 is 24.4 Å². The van der Waals surface area contributed by atoms with Crippen molar-refractivity contribution >= 4 is 5.78 Å². The Labute approximate surface area is 156 Å². The van der Waals surface area contributed by atoms with Crippen LogP contribution in [-0.2, 0) is 16.8 Å². The van der Waals surface area contributed by atoms with Crippen molar-refractivity contribution in [2.75, 3.05) is 6.61 Å². The third kappa shape index (κ3) is 4.64. The van der Waals surface area contributed by atoms with Crippen molar-refractivity contribution in [3.05, 3.63) is 83.9 Å². The Morgan fingerprint density at radius 3 is 2.37 bits per heavy atom. The van der Waals surface area contributed by atoms with Gasteiger partial charge in [0.1, 0.15) is 5.78 Å². The monoisotopic (exact) mass is 377 g/mol. The number of carbonyl (C=O) groups is 1. The van der Waals surface area contributed by atoms with Gasteiger partial charge in [-0.1, -0.05) is 60.7 Å². The largest absolute Gasteiger partial charge is 0.414 e. The van der Waals surface area contributed by atoms with Crippen molar-refractivity contribution in [1.29, 1.82) is 0 Å². The van der Waals surface area contributed by atoms with Crippen molar-refractivity contribution in [3.63, 3.8) is 0 Å². The second kappa shape index (κ2) is 8.50. The molecule has 0 saturated heterocycles. The van der Waals surface area contributed by atoms with Gasteiger partial charge in [0.15, 0.2) is 5.54 Å². The van der Waals surface area contributed by atoms with E-state index in [0.717, 1.165) is 6.08 Å². The van der Waals surface area contributed by atoms with Crippen LogP contribution < -0.4 is 5.32 Å². The summed E-state index contributed by atoms with van der Waals surface area (Å²) in [4.78, 5) is 11.4. The fourth-order valence-electron chi connectivity index (χ4n) is 3.03. The Bertz CT molecular complexity index is 790. The normalized spacial score (nSPS) is 15.0. The van der Waals surface area contributed by atoms with Crippen LogP contribution in [0.15, 0.2) is 67.3 Å². The summed E-state index contributed by atoms with van der Waals surface area (Å²) in [5, 5.41) is 12.3. The zero-order valence-electron chi connectivity index (χ0n) is 15.0. The van der Waals surface area contributed by atoms with Crippen LogP contribution in [0, 0.1) is 0 Å². The molecule has 0 bridgehead atoms. The van der Waals surface area contributed by atoms with Gasteiger partial charge < -0.3 is 5.11 Å². The summed E-state index contributed by atoms with van der Waals surface area (Å²) in [7, 11) is 0. The second-order valence-corrected chi connectivity index (χ2v) is 6.38. The maximum absolute atomic E-state index is 14.2. The maximum atomic E-state index is 14.2. The number of nitrogens with one attached hydrogen (secondary N) is 1. The molecule has 27 heavy (non-hydrogen) atoms. The van der Waals surface area contributed by atoms with E-state index in [-0.39, 0.29) is 17.8 Å². The fraction of sp³-hybridized carbons (Fsp3) is 0.286. The number of hydrogen-bond donors (Lipinski definition) is 2. The maximum Gasteiger partial charge on any atom is 0.414 e. The minimum Gasteiger partial charge on any atom is -0.394 e. The molecular weight excluding hydrogens is 355 g/mol. The third-order valence-corrected chi connectivity index (χ3v) is 4.38. The van der Waals surface area contributed by atoms with Gasteiger partial charge in [-0.25, -0.2) is 0 Å². The highest BCUT2D eigenvalue weighted by Crippen LogP contribution is 2.42. The van der Waals surface area contributed by atoms with Crippen LogP contribution in [0.2, 0.25) is 0 Å². The first-order chi connectivity index (χ1) is 12.7. The third-order valence-electron chi connectivity index (χ3n) is 4.38. The number of Topliss-reactive ketones (excluding diaryl/α,β-unsaturated/α-hetero) is 1. The lowest BCUT2D eigenvalue weighted by Gasteiger charge is -2.38. The molecule has 2 rings (SSSR count). The molecule has 2 unspecified atom stereocenters. The van der Waals surface area contributed by atoms with Crippen LogP contribution >= 0.6 is 0 Å². The molecule has 6 heteroatoms. The van der Waals surface area contributed by atoms with Gasteiger partial charge in [-0.05, 0) is 23.6 Å². The van der Waals surface area contributed by atoms with Crippen LogP contribution in [0.1, 0.15) is 29.7 Å². The first-order valence-electron chi connectivity index (χ1n) is 8.46. The minimum atomic E-state index is -4.72. The number of halogens is 3. The molecule has 0 amide bonds. The van der Waals surface area contributed by atoms with Gasteiger partial charge >= 0.3 is 6.18 Å². The van der Waals surface area contributed by atoms with Crippen molar-refractivity contribution in [2.45, 2.75) is 31.1 Å². The summed E-state index contributed by atoms with van der Waals surface area (Å²) in [5.74, 6) is -0.145. The smallest absolute Gasteiger partial charge is 0.394 e. The van der Waals surface area contributed by atoms with E-state index >= 15 is 0 Å². The molecule has 0 saturated carbocycles. The van der Waals surface area contributed by atoms with Crippen LogP contribution in [0.4, 0.5) is 13.2 Å². The molecule has 0 spiro atoms. The average Bonchev–Trinajstić information content (AvgIpc) is 2.62. The van der Waals surface area contributed by atoms with Gasteiger partial charge in [0.25, 0.3) is 0 Å². The lowest BCUT2D eigenvalue weighted by molar-refractivity contribution is -0.188. The quantitative estimate of drug-likeness (QED) is 0.682. The Morgan fingerprint density at radius 1 is 1.19 bits per heavy atom. The lowest BCUT2D eigenvalue weighted by Crippen LogP contribution is -2.54. The zero-order chi connectivity index (χ0) is 20.1. The highest BCUT2D eigenvalue weighted by Gasteiger charge is 2.55. The van der Waals surface area contributed by atoms with Crippen molar-refractivity contribution in [3.8, 4) is 0 Å². The molecule has 144 valence electrons. The summed E-state index contributed by atoms with van der Waals surface area (Å²) >= 11 is 0. The van der Waals surface area contributed by atoms with E-state index in [1.807, 2.05) is 0 Å². The van der Waals surface area contributed by atoms with Gasteiger partial charge in [0.2, 0.25) is 0 Å². The summed E-state index contributed by atoms with van der Waals surface area (Å²) in [6.45, 7) is 4.27. The Balaban J connectivity index is 2.53. The molecule has 0 aromatic heterocycles. The van der Waals surface area contributed by atoms with Gasteiger partial charge in [0.05, 0.1) is 12.6 Å². The molecule has 2 aromatic carbocycles. The van der Waals surface area contributed by atoms with Gasteiger partial charge in [0, 0.05) is 6.42 Å². The van der Waals surface area contributed by atoms with E-state index in [1.54, 1.807) is 36.4 Å². The molecular formula is C21H22F3NO2. The highest BCUT2D eigenvalue weighted by atomic mass is 19.4. The molecule has 2 N–H and O–H groups in total. The number of ketones is 1. The predicted octanol–water partition coefficient (Wildman–Crippen LogP) is 4.08. The molecule has 3 nitrogen and oxygen atoms in total. The van der Waals surface area contributed by atoms with Crippen LogP contribution in [0.25, 0.3) is 0 Å². The summed E-state index contributed by atoms with van der Waals surface area (Å²) in [5.41, 5.74) is -1.66. The molecule has 2 atom stereocenters. The first-order valence-corrected chi connectivity index (χ1v) is 8.46. The van der Waals surface area contributed by atoms with E-state index in [0.29, 0.717) is 11.1 Å². The SMILES string of the molecule is C=CC(NC(CO)c1ccccc1)(c1cccc(CC(C)=O)c1)C(F)(F)F. The number of carbonyl (C=O) groups excluding carboxylic acids is 1. The van der Waals surface area contributed by atoms with E-state index in [4.69, 9.17) is 0 Å². The second-order valence-electron chi connectivity index (χ2n) is 6.38. The molecule has 0 radical (unpaired) electrons. The van der Waals surface area contributed by atoms with Crippen molar-refractivity contribution in [2.24, 2.45) is 0 Å². The fourth-order valence-corrected chi connectivity index (χ4v) is 3.03. The number of benzene rings is 2. The Morgan fingerprint density at radius 2 is 1.85 bits per heavy atom. The van der Waals surface area contributed by atoms with Crippen molar-refractivity contribution in [1.82, 2.24) is 5.32 Å². The number of hydrogen-bond acceptors (Lipinski definition) is 3. The minimum absolute atomic E-state index is 0.0427. The molecule has 2 aromatic rings. The Hall–Kier alpha value is -2.44. The van der Waals surface area contributed by atoms with Crippen LogP contribution in [-0.4, -0.2) is 23.7 Å². The predicted molar refractivity (Wildman–Crippen MR) is 98.2 cm³/mol. The first kappa shape index (κ1) is 20.9. The standard InChI is InChI=1S/C21H22F3NO2/c1-3-20(21(22,23)24,18-11-7-8-16(13-18)12-15(2)27)25-19(14-26)17-9-5-4-6-10-17/h3-11,13,19,25-26H,1,12,14H2,2H3. The van der Waals surface area contributed by atoms with Crippen LogP contribution in [0.5, 0.6) is 0 Å². The van der Waals surface area contributed by atoms with E-state index in [2.05, 4.69) is 11.9 Å². The Kier molecular flexibility index (Phi) is 6.57. The van der Waals surface area contributed by atoms with E-state index in [9.17, 15) is 23.1 Å². The van der Waals surface area contributed by atoms with Gasteiger partial charge in [-0.2, -0.15) is 13.2 Å². The number of alkyl halides is 3.